The number of fused-ring (bicyclic) bond motifs is 1. The number of hydrogen-bond acceptors (Lipinski definition) is 4. The smallest absolute Gasteiger partial charge is 0.266 e. The van der Waals surface area contributed by atoms with E-state index in [2.05, 4.69) is 5.32 Å². The van der Waals surface area contributed by atoms with Crippen molar-refractivity contribution in [1.82, 2.24) is 0 Å². The van der Waals surface area contributed by atoms with Crippen molar-refractivity contribution in [3.05, 3.63) is 58.6 Å². The number of nitrogens with one attached hydrogen (secondary N) is 1. The second-order valence-corrected chi connectivity index (χ2v) is 5.47. The summed E-state index contributed by atoms with van der Waals surface area (Å²) < 4.78 is 10.9. The molecule has 1 amide bonds. The summed E-state index contributed by atoms with van der Waals surface area (Å²) in [5.74, 6) is 0.708. The lowest BCUT2D eigenvalue weighted by Gasteiger charge is -2.18. The number of rotatable bonds is 3. The molecule has 1 aliphatic rings. The number of ether oxygens (including phenoxy) is 2. The molecule has 24 heavy (non-hydrogen) atoms. The highest BCUT2D eigenvalue weighted by Gasteiger charge is 2.14. The molecule has 0 radical (unpaired) electrons. The molecule has 1 heterocycles. The summed E-state index contributed by atoms with van der Waals surface area (Å²) in [7, 11) is 0. The minimum absolute atomic E-state index is 0.00721. The van der Waals surface area contributed by atoms with E-state index in [0.717, 1.165) is 0 Å². The van der Waals surface area contributed by atoms with E-state index < -0.39 is 5.91 Å². The summed E-state index contributed by atoms with van der Waals surface area (Å²) in [4.78, 5) is 12.3. The summed E-state index contributed by atoms with van der Waals surface area (Å²) in [6.45, 7) is 0.964. The van der Waals surface area contributed by atoms with Crippen molar-refractivity contribution in [2.45, 2.75) is 0 Å². The van der Waals surface area contributed by atoms with Crippen molar-refractivity contribution in [3.63, 3.8) is 0 Å². The zero-order chi connectivity index (χ0) is 16.9. The maximum Gasteiger partial charge on any atom is 0.266 e. The van der Waals surface area contributed by atoms with Gasteiger partial charge in [0, 0.05) is 16.8 Å². The van der Waals surface area contributed by atoms with Crippen molar-refractivity contribution in [1.29, 1.82) is 5.26 Å². The predicted octanol–water partition coefficient (Wildman–Crippen LogP) is 3.66. The van der Waals surface area contributed by atoms with Gasteiger partial charge in [0.2, 0.25) is 0 Å². The lowest BCUT2D eigenvalue weighted by Crippen LogP contribution is -2.17. The summed E-state index contributed by atoms with van der Waals surface area (Å²) in [5, 5.41) is 12.5. The molecule has 0 atom stereocenters. The molecule has 1 N–H and O–H groups in total. The van der Waals surface area contributed by atoms with Gasteiger partial charge in [-0.25, -0.2) is 0 Å². The Labute approximate surface area is 144 Å². The number of carbonyl (C=O) groups excluding carboxylic acids is 1. The van der Waals surface area contributed by atoms with Gasteiger partial charge in [-0.1, -0.05) is 23.7 Å². The summed E-state index contributed by atoms with van der Waals surface area (Å²) in [6, 6.07) is 13.9. The lowest BCUT2D eigenvalue weighted by atomic mass is 10.1. The SMILES string of the molecule is N#C/C(=C\c1ccc(Cl)cc1)C(=O)Nc1ccc2c(c1)OCCO2. The molecule has 0 spiro atoms. The highest BCUT2D eigenvalue weighted by molar-refractivity contribution is 6.30. The molecule has 1 aliphatic heterocycles. The third-order valence-corrected chi connectivity index (χ3v) is 3.60. The van der Waals surface area contributed by atoms with Crippen LogP contribution >= 0.6 is 11.6 Å². The Kier molecular flexibility index (Phi) is 4.69. The Morgan fingerprint density at radius 3 is 2.54 bits per heavy atom. The second kappa shape index (κ2) is 7.07. The molecule has 6 heteroatoms. The summed E-state index contributed by atoms with van der Waals surface area (Å²) in [5.41, 5.74) is 1.24. The van der Waals surface area contributed by atoms with Crippen molar-refractivity contribution in [2.75, 3.05) is 18.5 Å². The Morgan fingerprint density at radius 2 is 1.83 bits per heavy atom. The second-order valence-electron chi connectivity index (χ2n) is 5.03. The van der Waals surface area contributed by atoms with Crippen LogP contribution in [-0.4, -0.2) is 19.1 Å². The highest BCUT2D eigenvalue weighted by Crippen LogP contribution is 2.32. The first-order valence-corrected chi connectivity index (χ1v) is 7.62. The number of amides is 1. The Balaban J connectivity index is 1.77. The van der Waals surface area contributed by atoms with Crippen LogP contribution in [0.25, 0.3) is 6.08 Å². The number of benzene rings is 2. The molecule has 0 aromatic heterocycles. The minimum Gasteiger partial charge on any atom is -0.486 e. The number of nitrogens with zero attached hydrogens (tertiary/aromatic N) is 1. The van der Waals surface area contributed by atoms with Gasteiger partial charge in [-0.3, -0.25) is 4.79 Å². The van der Waals surface area contributed by atoms with Gasteiger partial charge in [-0.2, -0.15) is 5.26 Å². The number of hydrogen-bond donors (Lipinski definition) is 1. The van der Waals surface area contributed by atoms with E-state index in [-0.39, 0.29) is 5.57 Å². The Bertz CT molecular complexity index is 838. The van der Waals surface area contributed by atoms with Crippen LogP contribution in [0.5, 0.6) is 11.5 Å². The van der Waals surface area contributed by atoms with E-state index in [1.54, 1.807) is 42.5 Å². The number of carbonyl (C=O) groups is 1. The molecular weight excluding hydrogens is 328 g/mol. The molecule has 2 aromatic rings. The van der Waals surface area contributed by atoms with E-state index in [0.29, 0.717) is 41.0 Å². The highest BCUT2D eigenvalue weighted by atomic mass is 35.5. The number of anilines is 1. The monoisotopic (exact) mass is 340 g/mol. The van der Waals surface area contributed by atoms with Crippen molar-refractivity contribution in [3.8, 4) is 17.6 Å². The fourth-order valence-electron chi connectivity index (χ4n) is 2.19. The molecular formula is C18H13ClN2O3. The fourth-order valence-corrected chi connectivity index (χ4v) is 2.32. The van der Waals surface area contributed by atoms with E-state index in [9.17, 15) is 10.1 Å². The quantitative estimate of drug-likeness (QED) is 0.683. The van der Waals surface area contributed by atoms with Crippen LogP contribution in [-0.2, 0) is 4.79 Å². The van der Waals surface area contributed by atoms with E-state index in [1.165, 1.54) is 6.08 Å². The summed E-state index contributed by atoms with van der Waals surface area (Å²) in [6.07, 6.45) is 1.50. The maximum absolute atomic E-state index is 12.3. The van der Waals surface area contributed by atoms with E-state index in [1.807, 2.05) is 6.07 Å². The average Bonchev–Trinajstić information content (AvgIpc) is 2.61. The zero-order valence-electron chi connectivity index (χ0n) is 12.6. The van der Waals surface area contributed by atoms with Crippen molar-refractivity contribution in [2.24, 2.45) is 0 Å². The van der Waals surface area contributed by atoms with Gasteiger partial charge in [0.1, 0.15) is 24.9 Å². The molecule has 0 saturated carbocycles. The molecule has 3 rings (SSSR count). The van der Waals surface area contributed by atoms with Gasteiger partial charge in [0.05, 0.1) is 0 Å². The van der Waals surface area contributed by atoms with Crippen LogP contribution in [0.2, 0.25) is 5.02 Å². The van der Waals surface area contributed by atoms with Gasteiger partial charge in [0.15, 0.2) is 11.5 Å². The van der Waals surface area contributed by atoms with Crippen LogP contribution < -0.4 is 14.8 Å². The standard InChI is InChI=1S/C18H13ClN2O3/c19-14-3-1-12(2-4-14)9-13(11-20)18(22)21-15-5-6-16-17(10-15)24-8-7-23-16/h1-6,9-10H,7-8H2,(H,21,22)/b13-9+. The first-order chi connectivity index (χ1) is 11.7. The van der Waals surface area contributed by atoms with Crippen LogP contribution in [0.1, 0.15) is 5.56 Å². The fraction of sp³-hybridized carbons (Fsp3) is 0.111. The summed E-state index contributed by atoms with van der Waals surface area (Å²) >= 11 is 5.82. The molecule has 0 unspecified atom stereocenters. The van der Waals surface area contributed by atoms with Crippen molar-refractivity contribution < 1.29 is 14.3 Å². The molecule has 2 aromatic carbocycles. The first-order valence-electron chi connectivity index (χ1n) is 7.24. The van der Waals surface area contributed by atoms with Gasteiger partial charge in [-0.05, 0) is 35.9 Å². The van der Waals surface area contributed by atoms with Gasteiger partial charge in [0.25, 0.3) is 5.91 Å². The van der Waals surface area contributed by atoms with Crippen LogP contribution in [0.3, 0.4) is 0 Å². The normalized spacial score (nSPS) is 13.1. The zero-order valence-corrected chi connectivity index (χ0v) is 13.3. The topological polar surface area (TPSA) is 71.4 Å². The molecule has 0 saturated heterocycles. The van der Waals surface area contributed by atoms with Crippen molar-refractivity contribution >= 4 is 29.3 Å². The van der Waals surface area contributed by atoms with Crippen LogP contribution in [0.15, 0.2) is 48.0 Å². The first kappa shape index (κ1) is 15.9. The molecule has 5 nitrogen and oxygen atoms in total. The molecule has 0 bridgehead atoms. The largest absolute Gasteiger partial charge is 0.486 e. The third kappa shape index (κ3) is 3.67. The van der Waals surface area contributed by atoms with E-state index in [4.69, 9.17) is 21.1 Å². The van der Waals surface area contributed by atoms with Gasteiger partial charge >= 0.3 is 0 Å². The minimum atomic E-state index is -0.496. The van der Waals surface area contributed by atoms with Gasteiger partial charge in [-0.15, -0.1) is 0 Å². The van der Waals surface area contributed by atoms with Crippen LogP contribution in [0, 0.1) is 11.3 Å². The van der Waals surface area contributed by atoms with E-state index >= 15 is 0 Å². The Morgan fingerprint density at radius 1 is 1.12 bits per heavy atom. The Hall–Kier alpha value is -2.97. The van der Waals surface area contributed by atoms with Gasteiger partial charge < -0.3 is 14.8 Å². The average molecular weight is 341 g/mol. The number of halogens is 1. The number of nitriles is 1. The molecule has 0 aliphatic carbocycles. The third-order valence-electron chi connectivity index (χ3n) is 3.35. The predicted molar refractivity (Wildman–Crippen MR) is 91.1 cm³/mol. The van der Waals surface area contributed by atoms with Crippen LogP contribution in [0.4, 0.5) is 5.69 Å². The molecule has 120 valence electrons. The maximum atomic E-state index is 12.3. The lowest BCUT2D eigenvalue weighted by molar-refractivity contribution is -0.112. The molecule has 0 fully saturated rings.